The van der Waals surface area contributed by atoms with Crippen LogP contribution in [0.25, 0.3) is 34.7 Å². The van der Waals surface area contributed by atoms with Crippen LogP contribution in [-0.2, 0) is 20.6 Å². The SMILES string of the molecule is Cn1c(=O)c2c(nc(-c3ccc4c(c3)=CCCCC=4)n2Cc2c(F)cccc2Cl)n(C)c1=O. The zero-order valence-corrected chi connectivity index (χ0v) is 19.1. The number of aromatic nitrogens is 4. The summed E-state index contributed by atoms with van der Waals surface area (Å²) in [6.07, 6.45) is 7.49. The fraction of sp³-hybridized carbons (Fsp3) is 0.240. The maximum Gasteiger partial charge on any atom is 0.332 e. The Balaban J connectivity index is 1.86. The van der Waals surface area contributed by atoms with Crippen LogP contribution >= 0.6 is 11.6 Å². The fourth-order valence-corrected chi connectivity index (χ4v) is 4.59. The number of benzene rings is 2. The first-order valence-corrected chi connectivity index (χ1v) is 11.1. The first-order valence-electron chi connectivity index (χ1n) is 10.8. The molecule has 5 rings (SSSR count). The summed E-state index contributed by atoms with van der Waals surface area (Å²) >= 11 is 6.32. The van der Waals surface area contributed by atoms with E-state index in [4.69, 9.17) is 16.6 Å². The number of fused-ring (bicyclic) bond motifs is 2. The Labute approximate surface area is 193 Å². The number of hydrogen-bond acceptors (Lipinski definition) is 3. The van der Waals surface area contributed by atoms with Crippen molar-refractivity contribution in [3.05, 3.63) is 84.1 Å². The van der Waals surface area contributed by atoms with Gasteiger partial charge in [0.15, 0.2) is 11.2 Å². The number of imidazole rings is 1. The number of rotatable bonds is 3. The predicted molar refractivity (Wildman–Crippen MR) is 128 cm³/mol. The molecule has 0 radical (unpaired) electrons. The van der Waals surface area contributed by atoms with Crippen LogP contribution in [0.3, 0.4) is 0 Å². The van der Waals surface area contributed by atoms with Gasteiger partial charge in [-0.1, -0.05) is 42.0 Å². The van der Waals surface area contributed by atoms with Crippen molar-refractivity contribution in [3.63, 3.8) is 0 Å². The second-order valence-corrected chi connectivity index (χ2v) is 8.69. The molecule has 0 saturated carbocycles. The second-order valence-electron chi connectivity index (χ2n) is 8.28. The van der Waals surface area contributed by atoms with E-state index in [9.17, 15) is 14.0 Å². The van der Waals surface area contributed by atoms with Gasteiger partial charge in [-0.2, -0.15) is 0 Å². The van der Waals surface area contributed by atoms with Gasteiger partial charge in [-0.05, 0) is 47.9 Å². The molecule has 2 aromatic heterocycles. The first-order chi connectivity index (χ1) is 15.9. The number of hydrogen-bond donors (Lipinski definition) is 0. The summed E-state index contributed by atoms with van der Waals surface area (Å²) in [6, 6.07) is 10.5. The molecule has 0 saturated heterocycles. The summed E-state index contributed by atoms with van der Waals surface area (Å²) in [6.45, 7) is -0.00227. The van der Waals surface area contributed by atoms with Gasteiger partial charge in [0.2, 0.25) is 0 Å². The summed E-state index contributed by atoms with van der Waals surface area (Å²) < 4.78 is 18.7. The van der Waals surface area contributed by atoms with Gasteiger partial charge in [0, 0.05) is 30.2 Å². The Morgan fingerprint density at radius 3 is 2.55 bits per heavy atom. The Kier molecular flexibility index (Phi) is 5.29. The maximum absolute atomic E-state index is 14.7. The normalized spacial score (nSPS) is 13.3. The van der Waals surface area contributed by atoms with Crippen LogP contribution in [0.5, 0.6) is 0 Å². The monoisotopic (exact) mass is 464 g/mol. The van der Waals surface area contributed by atoms with Crippen molar-refractivity contribution < 1.29 is 4.39 Å². The van der Waals surface area contributed by atoms with Crippen molar-refractivity contribution in [2.45, 2.75) is 25.8 Å². The van der Waals surface area contributed by atoms with Gasteiger partial charge in [-0.15, -0.1) is 0 Å². The Hall–Kier alpha value is -3.45. The van der Waals surface area contributed by atoms with E-state index in [1.54, 1.807) is 17.7 Å². The average molecular weight is 465 g/mol. The van der Waals surface area contributed by atoms with Gasteiger partial charge in [0.1, 0.15) is 11.6 Å². The molecular weight excluding hydrogens is 443 g/mol. The minimum Gasteiger partial charge on any atom is -0.313 e. The van der Waals surface area contributed by atoms with Crippen molar-refractivity contribution in [3.8, 4) is 11.4 Å². The highest BCUT2D eigenvalue weighted by Gasteiger charge is 2.22. The van der Waals surface area contributed by atoms with Crippen LogP contribution in [0.4, 0.5) is 4.39 Å². The fourth-order valence-electron chi connectivity index (χ4n) is 4.37. The molecule has 2 aromatic carbocycles. The van der Waals surface area contributed by atoms with Crippen molar-refractivity contribution in [1.82, 2.24) is 18.7 Å². The van der Waals surface area contributed by atoms with E-state index in [0.717, 1.165) is 39.8 Å². The minimum atomic E-state index is -0.492. The molecule has 0 atom stereocenters. The standard InChI is InChI=1S/C25H22ClFN4O2/c1-29-23-21(24(32)30(2)25(29)33)31(14-18-19(26)9-6-10-20(18)27)22(28-23)17-12-11-15-7-4-3-5-8-16(15)13-17/h6-13H,3-5,14H2,1-2H3. The summed E-state index contributed by atoms with van der Waals surface area (Å²) in [4.78, 5) is 30.4. The molecular formula is C25H22ClFN4O2. The van der Waals surface area contributed by atoms with E-state index in [0.29, 0.717) is 5.82 Å². The third-order valence-electron chi connectivity index (χ3n) is 6.21. The summed E-state index contributed by atoms with van der Waals surface area (Å²) in [5.41, 5.74) is 0.533. The molecule has 4 aromatic rings. The quantitative estimate of drug-likeness (QED) is 0.468. The van der Waals surface area contributed by atoms with Crippen molar-refractivity contribution in [1.29, 1.82) is 0 Å². The second kappa shape index (κ2) is 8.15. The molecule has 168 valence electrons. The van der Waals surface area contributed by atoms with Gasteiger partial charge in [-0.3, -0.25) is 13.9 Å². The van der Waals surface area contributed by atoms with Crippen LogP contribution in [-0.4, -0.2) is 18.7 Å². The van der Waals surface area contributed by atoms with E-state index in [1.165, 1.54) is 23.7 Å². The van der Waals surface area contributed by atoms with Crippen LogP contribution < -0.4 is 21.7 Å². The zero-order valence-electron chi connectivity index (χ0n) is 18.3. The lowest BCUT2D eigenvalue weighted by Crippen LogP contribution is -2.37. The van der Waals surface area contributed by atoms with Crippen LogP contribution in [0.2, 0.25) is 5.02 Å². The highest BCUT2D eigenvalue weighted by Crippen LogP contribution is 2.26. The lowest BCUT2D eigenvalue weighted by Gasteiger charge is -2.12. The molecule has 2 heterocycles. The molecule has 1 aliphatic rings. The van der Waals surface area contributed by atoms with Crippen molar-refractivity contribution >= 4 is 34.9 Å². The highest BCUT2D eigenvalue weighted by atomic mass is 35.5. The Morgan fingerprint density at radius 1 is 1.03 bits per heavy atom. The molecule has 0 unspecified atom stereocenters. The number of nitrogens with zero attached hydrogens (tertiary/aromatic N) is 4. The molecule has 1 aliphatic carbocycles. The topological polar surface area (TPSA) is 61.8 Å². The van der Waals surface area contributed by atoms with E-state index < -0.39 is 17.1 Å². The van der Waals surface area contributed by atoms with Crippen LogP contribution in [0.15, 0.2) is 46.0 Å². The van der Waals surface area contributed by atoms with Crippen LogP contribution in [0, 0.1) is 5.82 Å². The molecule has 0 bridgehead atoms. The number of halogens is 2. The smallest absolute Gasteiger partial charge is 0.313 e. The van der Waals surface area contributed by atoms with Gasteiger partial charge in [-0.25, -0.2) is 14.2 Å². The van der Waals surface area contributed by atoms with Gasteiger partial charge in [0.05, 0.1) is 6.54 Å². The van der Waals surface area contributed by atoms with Crippen molar-refractivity contribution in [2.75, 3.05) is 0 Å². The molecule has 0 fully saturated rings. The van der Waals surface area contributed by atoms with E-state index in [-0.39, 0.29) is 28.3 Å². The zero-order chi connectivity index (χ0) is 23.3. The molecule has 6 nitrogen and oxygen atoms in total. The van der Waals surface area contributed by atoms with Crippen LogP contribution in [0.1, 0.15) is 24.8 Å². The Bertz CT molecular complexity index is 1640. The minimum absolute atomic E-state index is 0.00227. The third kappa shape index (κ3) is 3.53. The largest absolute Gasteiger partial charge is 0.332 e. The summed E-state index contributed by atoms with van der Waals surface area (Å²) in [7, 11) is 2.99. The van der Waals surface area contributed by atoms with E-state index >= 15 is 0 Å². The summed E-state index contributed by atoms with van der Waals surface area (Å²) in [5, 5.41) is 2.50. The maximum atomic E-state index is 14.7. The molecule has 0 amide bonds. The van der Waals surface area contributed by atoms with Gasteiger partial charge >= 0.3 is 5.69 Å². The average Bonchev–Trinajstić information content (AvgIpc) is 3.01. The Morgan fingerprint density at radius 2 is 1.79 bits per heavy atom. The van der Waals surface area contributed by atoms with E-state index in [2.05, 4.69) is 12.2 Å². The lowest BCUT2D eigenvalue weighted by molar-refractivity contribution is 0.601. The molecule has 8 heteroatoms. The van der Waals surface area contributed by atoms with Crippen molar-refractivity contribution in [2.24, 2.45) is 14.1 Å². The molecule has 0 N–H and O–H groups in total. The molecule has 0 aliphatic heterocycles. The predicted octanol–water partition coefficient (Wildman–Crippen LogP) is 2.69. The first kappa shape index (κ1) is 21.4. The number of aryl methyl sites for hydroxylation is 1. The highest BCUT2D eigenvalue weighted by molar-refractivity contribution is 6.31. The third-order valence-corrected chi connectivity index (χ3v) is 6.56. The molecule has 0 spiro atoms. The van der Waals surface area contributed by atoms with Gasteiger partial charge < -0.3 is 4.57 Å². The molecule has 33 heavy (non-hydrogen) atoms. The lowest BCUT2D eigenvalue weighted by atomic mass is 10.1. The van der Waals surface area contributed by atoms with Gasteiger partial charge in [0.25, 0.3) is 5.56 Å². The van der Waals surface area contributed by atoms with E-state index in [1.807, 2.05) is 18.2 Å². The summed E-state index contributed by atoms with van der Waals surface area (Å²) in [5.74, 6) is 0.00451.